The number of aldehydes is 1. The van der Waals surface area contributed by atoms with Crippen molar-refractivity contribution in [3.63, 3.8) is 0 Å². The van der Waals surface area contributed by atoms with Gasteiger partial charge in [-0.15, -0.1) is 0 Å². The first-order valence-corrected chi connectivity index (χ1v) is 4.24. The van der Waals surface area contributed by atoms with Crippen molar-refractivity contribution in [2.24, 2.45) is 0 Å². The van der Waals surface area contributed by atoms with Crippen LogP contribution in [0.25, 0.3) is 6.08 Å². The van der Waals surface area contributed by atoms with Crippen LogP contribution in [0.2, 0.25) is 0 Å². The van der Waals surface area contributed by atoms with Crippen molar-refractivity contribution in [1.82, 2.24) is 0 Å². The fourth-order valence-electron chi connectivity index (χ4n) is 1.40. The van der Waals surface area contributed by atoms with Gasteiger partial charge in [0.1, 0.15) is 6.07 Å². The maximum Gasteiger partial charge on any atom is 0.200 e. The molecule has 0 bridgehead atoms. The summed E-state index contributed by atoms with van der Waals surface area (Å²) in [6, 6.07) is 9.47. The average Bonchev–Trinajstić information content (AvgIpc) is 2.28. The summed E-state index contributed by atoms with van der Waals surface area (Å²) in [5, 5.41) is 11.8. The van der Waals surface area contributed by atoms with E-state index in [9.17, 15) is 4.79 Å². The van der Waals surface area contributed by atoms with E-state index in [1.807, 2.05) is 30.3 Å². The molecule has 0 fully saturated rings. The summed E-state index contributed by atoms with van der Waals surface area (Å²) in [6.07, 6.45) is 3.96. The second-order valence-electron chi connectivity index (χ2n) is 3.14. The smallest absolute Gasteiger partial charge is 0.200 e. The van der Waals surface area contributed by atoms with Gasteiger partial charge >= 0.3 is 0 Å². The topological polar surface area (TPSA) is 52.9 Å². The molecule has 3 nitrogen and oxygen atoms in total. The van der Waals surface area contributed by atoms with E-state index < -0.39 is 5.54 Å². The predicted molar refractivity (Wildman–Crippen MR) is 53.5 cm³/mol. The number of fused-ring (bicyclic) bond motifs is 1. The predicted octanol–water partition coefficient (Wildman–Crippen LogP) is 1.59. The molecule has 1 heterocycles. The first-order valence-electron chi connectivity index (χ1n) is 4.24. The van der Waals surface area contributed by atoms with Crippen molar-refractivity contribution in [2.45, 2.75) is 5.54 Å². The second kappa shape index (κ2) is 3.00. The molecule has 68 valence electrons. The highest BCUT2D eigenvalue weighted by atomic mass is 16.1. The molecule has 1 aromatic rings. The number of nitrogens with one attached hydrogen (secondary N) is 1. The Labute approximate surface area is 81.7 Å². The molecule has 0 saturated carbocycles. The number of benzene rings is 1. The van der Waals surface area contributed by atoms with Gasteiger partial charge in [0.15, 0.2) is 11.8 Å². The van der Waals surface area contributed by atoms with Gasteiger partial charge in [-0.1, -0.05) is 24.3 Å². The van der Waals surface area contributed by atoms with Gasteiger partial charge in [0, 0.05) is 5.69 Å². The molecule has 1 unspecified atom stereocenters. The number of hydrogen-bond acceptors (Lipinski definition) is 3. The van der Waals surface area contributed by atoms with Crippen LogP contribution in [0.15, 0.2) is 30.3 Å². The summed E-state index contributed by atoms with van der Waals surface area (Å²) in [6.45, 7) is 0. The molecule has 1 aromatic carbocycles. The number of rotatable bonds is 1. The monoisotopic (exact) mass is 184 g/mol. The summed E-state index contributed by atoms with van der Waals surface area (Å²) in [4.78, 5) is 10.8. The highest BCUT2D eigenvalue weighted by molar-refractivity contribution is 5.86. The van der Waals surface area contributed by atoms with E-state index >= 15 is 0 Å². The number of para-hydroxylation sites is 1. The Morgan fingerprint density at radius 3 is 2.93 bits per heavy atom. The van der Waals surface area contributed by atoms with Crippen LogP contribution in [0.1, 0.15) is 5.56 Å². The summed E-state index contributed by atoms with van der Waals surface area (Å²) in [7, 11) is 0. The van der Waals surface area contributed by atoms with Crippen molar-refractivity contribution >= 4 is 18.0 Å². The van der Waals surface area contributed by atoms with Crippen molar-refractivity contribution < 1.29 is 4.79 Å². The molecule has 1 aliphatic rings. The Bertz CT molecular complexity index is 445. The van der Waals surface area contributed by atoms with Gasteiger partial charge in [0.05, 0.1) is 0 Å². The zero-order valence-corrected chi connectivity index (χ0v) is 7.40. The third-order valence-electron chi connectivity index (χ3n) is 2.20. The van der Waals surface area contributed by atoms with E-state index in [-0.39, 0.29) is 0 Å². The molecule has 0 saturated heterocycles. The van der Waals surface area contributed by atoms with E-state index in [0.29, 0.717) is 6.29 Å². The third-order valence-corrected chi connectivity index (χ3v) is 2.20. The molecule has 0 aromatic heterocycles. The van der Waals surface area contributed by atoms with Crippen LogP contribution in [-0.4, -0.2) is 11.8 Å². The van der Waals surface area contributed by atoms with E-state index in [1.165, 1.54) is 0 Å². The Balaban J connectivity index is 2.48. The van der Waals surface area contributed by atoms with Crippen molar-refractivity contribution in [3.8, 4) is 6.07 Å². The van der Waals surface area contributed by atoms with Gasteiger partial charge in [-0.2, -0.15) is 5.26 Å². The second-order valence-corrected chi connectivity index (χ2v) is 3.14. The van der Waals surface area contributed by atoms with Crippen molar-refractivity contribution in [2.75, 3.05) is 5.32 Å². The molecule has 0 spiro atoms. The largest absolute Gasteiger partial charge is 0.358 e. The fourth-order valence-corrected chi connectivity index (χ4v) is 1.40. The molecule has 1 aliphatic heterocycles. The van der Waals surface area contributed by atoms with Crippen molar-refractivity contribution in [3.05, 3.63) is 35.9 Å². The first-order chi connectivity index (χ1) is 6.79. The highest BCUT2D eigenvalue weighted by Crippen LogP contribution is 2.26. The van der Waals surface area contributed by atoms with E-state index in [1.54, 1.807) is 12.2 Å². The molecule has 2 rings (SSSR count). The maximum atomic E-state index is 10.8. The highest BCUT2D eigenvalue weighted by Gasteiger charge is 2.29. The molecule has 0 aliphatic carbocycles. The maximum absolute atomic E-state index is 10.8. The zero-order valence-electron chi connectivity index (χ0n) is 7.40. The van der Waals surface area contributed by atoms with Gasteiger partial charge in [0.2, 0.25) is 0 Å². The minimum atomic E-state index is -1.20. The molecular formula is C11H8N2O. The molecule has 1 atom stereocenters. The summed E-state index contributed by atoms with van der Waals surface area (Å²) in [5.74, 6) is 0. The van der Waals surface area contributed by atoms with Crippen LogP contribution in [0.3, 0.4) is 0 Å². The van der Waals surface area contributed by atoms with Crippen LogP contribution in [0.5, 0.6) is 0 Å². The van der Waals surface area contributed by atoms with Gasteiger partial charge in [-0.05, 0) is 17.7 Å². The van der Waals surface area contributed by atoms with Gasteiger partial charge < -0.3 is 5.32 Å². The molecular weight excluding hydrogens is 176 g/mol. The van der Waals surface area contributed by atoms with E-state index in [4.69, 9.17) is 5.26 Å². The van der Waals surface area contributed by atoms with Gasteiger partial charge in [0.25, 0.3) is 0 Å². The summed E-state index contributed by atoms with van der Waals surface area (Å²) >= 11 is 0. The van der Waals surface area contributed by atoms with E-state index in [2.05, 4.69) is 5.32 Å². The lowest BCUT2D eigenvalue weighted by molar-refractivity contribution is -0.109. The Kier molecular flexibility index (Phi) is 1.83. The number of carbonyl (C=O) groups is 1. The quantitative estimate of drug-likeness (QED) is 0.674. The average molecular weight is 184 g/mol. The van der Waals surface area contributed by atoms with Crippen LogP contribution in [0, 0.1) is 11.3 Å². The molecule has 14 heavy (non-hydrogen) atoms. The number of hydrogen-bond donors (Lipinski definition) is 1. The number of anilines is 1. The third kappa shape index (κ3) is 1.17. The summed E-state index contributed by atoms with van der Waals surface area (Å²) in [5.41, 5.74) is 0.595. The first kappa shape index (κ1) is 8.52. The standard InChI is InChI=1S/C11H8N2O/c12-7-11(8-14)6-5-9-3-1-2-4-10(9)13-11/h1-6,8,13H. The molecule has 0 radical (unpaired) electrons. The number of carbonyl (C=O) groups excluding carboxylic acids is 1. The van der Waals surface area contributed by atoms with Gasteiger partial charge in [-0.25, -0.2) is 0 Å². The van der Waals surface area contributed by atoms with Crippen molar-refractivity contribution in [1.29, 1.82) is 5.26 Å². The molecule has 3 heteroatoms. The molecule has 0 amide bonds. The minimum absolute atomic E-state index is 0.611. The summed E-state index contributed by atoms with van der Waals surface area (Å²) < 4.78 is 0. The lowest BCUT2D eigenvalue weighted by Gasteiger charge is -2.24. The number of nitrogens with zero attached hydrogens (tertiary/aromatic N) is 1. The lowest BCUT2D eigenvalue weighted by Crippen LogP contribution is -2.37. The Hall–Kier alpha value is -2.08. The lowest BCUT2D eigenvalue weighted by atomic mass is 9.96. The van der Waals surface area contributed by atoms with Gasteiger partial charge in [-0.3, -0.25) is 4.79 Å². The zero-order chi connectivity index (χ0) is 10.0. The fraction of sp³-hybridized carbons (Fsp3) is 0.0909. The minimum Gasteiger partial charge on any atom is -0.358 e. The van der Waals surface area contributed by atoms with Crippen LogP contribution >= 0.6 is 0 Å². The SMILES string of the molecule is N#CC1(C=O)C=Cc2ccccc2N1. The van der Waals surface area contributed by atoms with Crippen LogP contribution in [-0.2, 0) is 4.79 Å². The number of nitriles is 1. The van der Waals surface area contributed by atoms with E-state index in [0.717, 1.165) is 11.3 Å². The Morgan fingerprint density at radius 1 is 1.43 bits per heavy atom. The normalized spacial score (nSPS) is 23.1. The molecule has 1 N–H and O–H groups in total. The van der Waals surface area contributed by atoms with Crippen LogP contribution in [0.4, 0.5) is 5.69 Å². The Morgan fingerprint density at radius 2 is 2.21 bits per heavy atom. The van der Waals surface area contributed by atoms with Crippen LogP contribution < -0.4 is 5.32 Å².